The summed E-state index contributed by atoms with van der Waals surface area (Å²) in [7, 11) is 0. The predicted octanol–water partition coefficient (Wildman–Crippen LogP) is 2.34. The fraction of sp³-hybridized carbons (Fsp3) is 0.294. The molecule has 1 heterocycles. The topological polar surface area (TPSA) is 95.9 Å². The van der Waals surface area contributed by atoms with Gasteiger partial charge >= 0.3 is 12.1 Å². The van der Waals surface area contributed by atoms with E-state index in [0.29, 0.717) is 0 Å². The Hall–Kier alpha value is -2.38. The van der Waals surface area contributed by atoms with E-state index in [9.17, 15) is 14.7 Å². The maximum absolute atomic E-state index is 11.9. The molecule has 1 amide bonds. The van der Waals surface area contributed by atoms with Crippen LogP contribution in [0, 0.1) is 6.92 Å². The van der Waals surface area contributed by atoms with Gasteiger partial charge in [-0.2, -0.15) is 0 Å². The van der Waals surface area contributed by atoms with Gasteiger partial charge in [-0.05, 0) is 29.5 Å². The molecule has 2 atom stereocenters. The molecule has 0 fully saturated rings. The second-order valence-electron chi connectivity index (χ2n) is 5.39. The zero-order valence-corrected chi connectivity index (χ0v) is 14.0. The zero-order valence-electron chi connectivity index (χ0n) is 13.1. The highest BCUT2D eigenvalue weighted by Crippen LogP contribution is 2.17. The summed E-state index contributed by atoms with van der Waals surface area (Å²) in [5, 5.41) is 23.2. The summed E-state index contributed by atoms with van der Waals surface area (Å²) in [6, 6.07) is 10.1. The van der Waals surface area contributed by atoms with Crippen LogP contribution in [0.25, 0.3) is 0 Å². The molecule has 3 N–H and O–H groups in total. The van der Waals surface area contributed by atoms with Crippen LogP contribution in [0.15, 0.2) is 41.8 Å². The van der Waals surface area contributed by atoms with E-state index in [0.717, 1.165) is 16.0 Å². The Morgan fingerprint density at radius 1 is 1.29 bits per heavy atom. The van der Waals surface area contributed by atoms with Crippen molar-refractivity contribution in [2.75, 3.05) is 0 Å². The van der Waals surface area contributed by atoms with Crippen LogP contribution in [0.2, 0.25) is 0 Å². The Labute approximate surface area is 143 Å². The molecule has 0 saturated carbocycles. The lowest BCUT2D eigenvalue weighted by Crippen LogP contribution is -2.48. The van der Waals surface area contributed by atoms with Crippen molar-refractivity contribution in [2.45, 2.75) is 32.1 Å². The lowest BCUT2D eigenvalue weighted by molar-refractivity contribution is -0.148. The second-order valence-corrected chi connectivity index (χ2v) is 6.39. The lowest BCUT2D eigenvalue weighted by Gasteiger charge is -2.20. The van der Waals surface area contributed by atoms with E-state index in [1.807, 2.05) is 48.7 Å². The number of rotatable bonds is 7. The molecule has 0 saturated heterocycles. The number of thiophene rings is 1. The minimum Gasteiger partial charge on any atom is -0.479 e. The first kappa shape index (κ1) is 18.0. The van der Waals surface area contributed by atoms with Gasteiger partial charge < -0.3 is 20.3 Å². The molecule has 0 spiro atoms. The molecule has 7 heteroatoms. The number of ether oxygens (including phenoxy) is 1. The van der Waals surface area contributed by atoms with Gasteiger partial charge in [-0.15, -0.1) is 11.3 Å². The molecular formula is C17H19NO5S. The van der Waals surface area contributed by atoms with Gasteiger partial charge in [0.1, 0.15) is 6.61 Å². The fourth-order valence-electron chi connectivity index (χ4n) is 2.14. The number of alkyl carbamates (subject to hydrolysis) is 1. The van der Waals surface area contributed by atoms with Gasteiger partial charge in [-0.1, -0.05) is 30.3 Å². The Balaban J connectivity index is 1.96. The molecule has 2 unspecified atom stereocenters. The van der Waals surface area contributed by atoms with E-state index in [4.69, 9.17) is 9.84 Å². The number of hydrogen-bond donors (Lipinski definition) is 3. The molecule has 0 aliphatic rings. The molecule has 1 aromatic heterocycles. The third-order valence-corrected chi connectivity index (χ3v) is 4.43. The first-order chi connectivity index (χ1) is 11.5. The summed E-state index contributed by atoms with van der Waals surface area (Å²) >= 11 is 1.45. The molecule has 0 bridgehead atoms. The molecule has 0 aliphatic heterocycles. The van der Waals surface area contributed by atoms with Crippen LogP contribution in [0.4, 0.5) is 4.79 Å². The Morgan fingerprint density at radius 3 is 2.58 bits per heavy atom. The van der Waals surface area contributed by atoms with Crippen molar-refractivity contribution in [3.63, 3.8) is 0 Å². The minimum absolute atomic E-state index is 0.0701. The Morgan fingerprint density at radius 2 is 2.00 bits per heavy atom. The van der Waals surface area contributed by atoms with Crippen LogP contribution < -0.4 is 5.32 Å². The fourth-order valence-corrected chi connectivity index (χ4v) is 3.08. The number of aliphatic carboxylic acids is 1. The SMILES string of the molecule is Cc1csc(CC(NC(=O)OCc2ccccc2)C(O)C(=O)O)c1. The van der Waals surface area contributed by atoms with Crippen molar-refractivity contribution in [1.29, 1.82) is 0 Å². The molecule has 6 nitrogen and oxygen atoms in total. The molecule has 2 aromatic rings. The van der Waals surface area contributed by atoms with E-state index in [1.54, 1.807) is 0 Å². The molecule has 2 rings (SSSR count). The molecule has 0 radical (unpaired) electrons. The summed E-state index contributed by atoms with van der Waals surface area (Å²) in [6.45, 7) is 1.99. The van der Waals surface area contributed by atoms with Crippen LogP contribution in [-0.2, 0) is 22.6 Å². The highest BCUT2D eigenvalue weighted by molar-refractivity contribution is 7.10. The first-order valence-electron chi connectivity index (χ1n) is 7.38. The Kier molecular flexibility index (Phi) is 6.34. The van der Waals surface area contributed by atoms with Gasteiger partial charge in [-0.25, -0.2) is 9.59 Å². The van der Waals surface area contributed by atoms with Crippen molar-refractivity contribution < 1.29 is 24.5 Å². The molecular weight excluding hydrogens is 330 g/mol. The number of carboxylic acids is 1. The highest BCUT2D eigenvalue weighted by atomic mass is 32.1. The number of aliphatic hydroxyl groups is 1. The second kappa shape index (κ2) is 8.47. The van der Waals surface area contributed by atoms with Gasteiger partial charge in [0.15, 0.2) is 6.10 Å². The standard InChI is InChI=1S/C17H19NO5S/c1-11-7-13(24-10-11)8-14(15(19)16(20)21)18-17(22)23-9-12-5-3-2-4-6-12/h2-7,10,14-15,19H,8-9H2,1H3,(H,18,22)(H,20,21). The number of amides is 1. The van der Waals surface area contributed by atoms with Gasteiger partial charge in [0.05, 0.1) is 6.04 Å². The van der Waals surface area contributed by atoms with Crippen molar-refractivity contribution in [3.8, 4) is 0 Å². The van der Waals surface area contributed by atoms with Gasteiger partial charge in [0, 0.05) is 11.3 Å². The van der Waals surface area contributed by atoms with Gasteiger partial charge in [-0.3, -0.25) is 0 Å². The zero-order chi connectivity index (χ0) is 17.5. The average molecular weight is 349 g/mol. The van der Waals surface area contributed by atoms with Crippen LogP contribution in [0.1, 0.15) is 16.0 Å². The first-order valence-corrected chi connectivity index (χ1v) is 8.26. The molecule has 128 valence electrons. The average Bonchev–Trinajstić information content (AvgIpc) is 2.97. The van der Waals surface area contributed by atoms with Crippen LogP contribution in [-0.4, -0.2) is 34.4 Å². The summed E-state index contributed by atoms with van der Waals surface area (Å²) in [4.78, 5) is 23.8. The summed E-state index contributed by atoms with van der Waals surface area (Å²) in [6.07, 6.45) is -2.26. The van der Waals surface area contributed by atoms with Gasteiger partial charge in [0.25, 0.3) is 0 Å². The molecule has 1 aromatic carbocycles. The third-order valence-electron chi connectivity index (χ3n) is 3.36. The molecule has 0 aliphatic carbocycles. The van der Waals surface area contributed by atoms with Crippen molar-refractivity contribution in [2.24, 2.45) is 0 Å². The van der Waals surface area contributed by atoms with Gasteiger partial charge in [0.2, 0.25) is 0 Å². The smallest absolute Gasteiger partial charge is 0.407 e. The highest BCUT2D eigenvalue weighted by Gasteiger charge is 2.28. The van der Waals surface area contributed by atoms with E-state index < -0.39 is 24.2 Å². The van der Waals surface area contributed by atoms with Crippen LogP contribution >= 0.6 is 11.3 Å². The van der Waals surface area contributed by atoms with E-state index in [1.165, 1.54) is 11.3 Å². The van der Waals surface area contributed by atoms with Crippen molar-refractivity contribution in [3.05, 3.63) is 57.8 Å². The van der Waals surface area contributed by atoms with Crippen LogP contribution in [0.5, 0.6) is 0 Å². The maximum atomic E-state index is 11.9. The van der Waals surface area contributed by atoms with E-state index in [-0.39, 0.29) is 13.0 Å². The minimum atomic E-state index is -1.71. The lowest BCUT2D eigenvalue weighted by atomic mass is 10.1. The molecule has 24 heavy (non-hydrogen) atoms. The maximum Gasteiger partial charge on any atom is 0.407 e. The number of carbonyl (C=O) groups is 2. The van der Waals surface area contributed by atoms with E-state index in [2.05, 4.69) is 5.32 Å². The summed E-state index contributed by atoms with van der Waals surface area (Å²) in [5.74, 6) is -1.39. The number of aryl methyl sites for hydroxylation is 1. The van der Waals surface area contributed by atoms with Crippen LogP contribution in [0.3, 0.4) is 0 Å². The largest absolute Gasteiger partial charge is 0.479 e. The quantitative estimate of drug-likeness (QED) is 0.713. The van der Waals surface area contributed by atoms with Crippen molar-refractivity contribution >= 4 is 23.4 Å². The number of aliphatic hydroxyl groups excluding tert-OH is 1. The normalized spacial score (nSPS) is 13.1. The number of carboxylic acid groups (broad SMARTS) is 1. The van der Waals surface area contributed by atoms with Crippen molar-refractivity contribution in [1.82, 2.24) is 5.32 Å². The van der Waals surface area contributed by atoms with E-state index >= 15 is 0 Å². The summed E-state index contributed by atoms with van der Waals surface area (Å²) in [5.41, 5.74) is 1.86. The Bertz CT molecular complexity index is 685. The monoisotopic (exact) mass is 349 g/mol. The number of carbonyl (C=O) groups excluding carboxylic acids is 1. The number of benzene rings is 1. The summed E-state index contributed by atoms with van der Waals surface area (Å²) < 4.78 is 5.08. The number of nitrogens with one attached hydrogen (secondary N) is 1. The third kappa shape index (κ3) is 5.36. The predicted molar refractivity (Wildman–Crippen MR) is 90.0 cm³/mol. The number of hydrogen-bond acceptors (Lipinski definition) is 5.